The number of hydrogen-bond donors (Lipinski definition) is 1. The number of likely N-dealkylation sites (tertiary alicyclic amines) is 1. The molecule has 1 N–H and O–H groups in total. The number of esters is 1. The van der Waals surface area contributed by atoms with Crippen molar-refractivity contribution < 1.29 is 14.3 Å². The van der Waals surface area contributed by atoms with E-state index in [9.17, 15) is 9.59 Å². The van der Waals surface area contributed by atoms with Crippen molar-refractivity contribution in [1.29, 1.82) is 0 Å². The number of nitrogens with zero attached hydrogens (tertiary/aromatic N) is 1. The molecule has 5 heteroatoms. The molecule has 0 aliphatic carbocycles. The van der Waals surface area contributed by atoms with E-state index < -0.39 is 5.60 Å². The fraction of sp³-hybridized carbons (Fsp3) is 0.867. The van der Waals surface area contributed by atoms with Gasteiger partial charge in [-0.05, 0) is 46.1 Å². The quantitative estimate of drug-likeness (QED) is 0.793. The fourth-order valence-electron chi connectivity index (χ4n) is 2.97. The molecule has 0 spiro atoms. The molecule has 2 aliphatic heterocycles. The van der Waals surface area contributed by atoms with Crippen molar-refractivity contribution in [2.45, 2.75) is 58.1 Å². The molecule has 20 heavy (non-hydrogen) atoms. The maximum atomic E-state index is 12.3. The molecule has 0 aromatic heterocycles. The van der Waals surface area contributed by atoms with Crippen LogP contribution in [0.15, 0.2) is 0 Å². The first-order valence-corrected chi connectivity index (χ1v) is 7.59. The Morgan fingerprint density at radius 3 is 2.75 bits per heavy atom. The lowest BCUT2D eigenvalue weighted by molar-refractivity contribution is -0.163. The highest BCUT2D eigenvalue weighted by atomic mass is 16.6. The van der Waals surface area contributed by atoms with E-state index >= 15 is 0 Å². The summed E-state index contributed by atoms with van der Waals surface area (Å²) in [7, 11) is 0. The zero-order valence-corrected chi connectivity index (χ0v) is 12.8. The van der Waals surface area contributed by atoms with Gasteiger partial charge >= 0.3 is 5.97 Å². The Balaban J connectivity index is 1.94. The second-order valence-electron chi connectivity index (χ2n) is 6.91. The van der Waals surface area contributed by atoms with E-state index in [-0.39, 0.29) is 17.9 Å². The van der Waals surface area contributed by atoms with Gasteiger partial charge in [0, 0.05) is 19.5 Å². The van der Waals surface area contributed by atoms with Gasteiger partial charge in [-0.25, -0.2) is 0 Å². The van der Waals surface area contributed by atoms with E-state index in [0.29, 0.717) is 12.3 Å². The highest BCUT2D eigenvalue weighted by Gasteiger charge is 2.34. The number of carbonyl (C=O) groups excluding carboxylic acids is 2. The summed E-state index contributed by atoms with van der Waals surface area (Å²) >= 11 is 0. The first-order valence-electron chi connectivity index (χ1n) is 7.59. The third kappa shape index (κ3) is 4.20. The van der Waals surface area contributed by atoms with Crippen molar-refractivity contribution in [3.63, 3.8) is 0 Å². The second-order valence-corrected chi connectivity index (χ2v) is 6.91. The summed E-state index contributed by atoms with van der Waals surface area (Å²) in [5.74, 6) is 0.334. The van der Waals surface area contributed by atoms with Gasteiger partial charge in [-0.15, -0.1) is 0 Å². The van der Waals surface area contributed by atoms with Crippen LogP contribution in [0.1, 0.15) is 46.5 Å². The van der Waals surface area contributed by atoms with Crippen molar-refractivity contribution in [2.24, 2.45) is 5.92 Å². The van der Waals surface area contributed by atoms with Crippen LogP contribution >= 0.6 is 0 Å². The van der Waals surface area contributed by atoms with Crippen molar-refractivity contribution in [3.8, 4) is 0 Å². The summed E-state index contributed by atoms with van der Waals surface area (Å²) in [4.78, 5) is 25.8. The van der Waals surface area contributed by atoms with Gasteiger partial charge < -0.3 is 10.1 Å². The number of nitrogens with one attached hydrogen (secondary N) is 1. The van der Waals surface area contributed by atoms with Gasteiger partial charge in [-0.1, -0.05) is 6.42 Å². The van der Waals surface area contributed by atoms with Crippen LogP contribution in [0, 0.1) is 5.92 Å². The summed E-state index contributed by atoms with van der Waals surface area (Å²) in [6.45, 7) is 8.17. The molecule has 2 fully saturated rings. The van der Waals surface area contributed by atoms with E-state index in [1.807, 2.05) is 20.8 Å². The Hall–Kier alpha value is -1.10. The van der Waals surface area contributed by atoms with Gasteiger partial charge in [0.1, 0.15) is 11.6 Å². The van der Waals surface area contributed by atoms with Crippen LogP contribution in [0.2, 0.25) is 0 Å². The van der Waals surface area contributed by atoms with Crippen LogP contribution in [0.25, 0.3) is 0 Å². The first-order chi connectivity index (χ1) is 9.35. The molecule has 114 valence electrons. The molecule has 5 nitrogen and oxygen atoms in total. The largest absolute Gasteiger partial charge is 0.459 e. The van der Waals surface area contributed by atoms with Crippen molar-refractivity contribution in [2.75, 3.05) is 19.6 Å². The molecule has 2 heterocycles. The second kappa shape index (κ2) is 6.12. The maximum Gasteiger partial charge on any atom is 0.323 e. The molecule has 0 bridgehead atoms. The monoisotopic (exact) mass is 282 g/mol. The Morgan fingerprint density at radius 2 is 2.15 bits per heavy atom. The van der Waals surface area contributed by atoms with Gasteiger partial charge in [0.2, 0.25) is 5.91 Å². The molecule has 2 saturated heterocycles. The number of hydrogen-bond acceptors (Lipinski definition) is 4. The van der Waals surface area contributed by atoms with Crippen molar-refractivity contribution in [3.05, 3.63) is 0 Å². The molecule has 2 unspecified atom stereocenters. The molecule has 2 atom stereocenters. The van der Waals surface area contributed by atoms with E-state index in [0.717, 1.165) is 38.9 Å². The molecule has 2 aliphatic rings. The van der Waals surface area contributed by atoms with Crippen molar-refractivity contribution in [1.82, 2.24) is 10.2 Å². The lowest BCUT2D eigenvalue weighted by Crippen LogP contribution is -2.49. The summed E-state index contributed by atoms with van der Waals surface area (Å²) in [5, 5.41) is 2.86. The van der Waals surface area contributed by atoms with Crippen LogP contribution in [0.3, 0.4) is 0 Å². The fourth-order valence-corrected chi connectivity index (χ4v) is 2.97. The number of piperidine rings is 1. The standard InChI is InChI=1S/C15H26N2O3/c1-15(2,3)20-14(19)12-6-4-5-7-17(12)10-11-8-13(18)16-9-11/h11-12H,4-10H2,1-3H3,(H,16,18). The van der Waals surface area contributed by atoms with E-state index in [1.165, 1.54) is 0 Å². The zero-order chi connectivity index (χ0) is 14.8. The van der Waals surface area contributed by atoms with Gasteiger partial charge in [-0.2, -0.15) is 0 Å². The van der Waals surface area contributed by atoms with Gasteiger partial charge in [0.05, 0.1) is 0 Å². The number of carbonyl (C=O) groups is 2. The lowest BCUT2D eigenvalue weighted by atomic mass is 9.99. The van der Waals surface area contributed by atoms with Crippen LogP contribution in [0.5, 0.6) is 0 Å². The van der Waals surface area contributed by atoms with Crippen LogP contribution in [-0.2, 0) is 14.3 Å². The molecule has 1 amide bonds. The lowest BCUT2D eigenvalue weighted by Gasteiger charge is -2.36. The highest BCUT2D eigenvalue weighted by molar-refractivity contribution is 5.78. The SMILES string of the molecule is CC(C)(C)OC(=O)C1CCCCN1CC1CNC(=O)C1. The Bertz CT molecular complexity index is 376. The van der Waals surface area contributed by atoms with Gasteiger partial charge in [0.15, 0.2) is 0 Å². The summed E-state index contributed by atoms with van der Waals surface area (Å²) < 4.78 is 5.53. The van der Waals surface area contributed by atoms with Gasteiger partial charge in [0.25, 0.3) is 0 Å². The molecule has 0 saturated carbocycles. The molecular weight excluding hydrogens is 256 g/mol. The third-order valence-corrected chi connectivity index (χ3v) is 3.85. The third-order valence-electron chi connectivity index (χ3n) is 3.85. The highest BCUT2D eigenvalue weighted by Crippen LogP contribution is 2.23. The van der Waals surface area contributed by atoms with E-state index in [4.69, 9.17) is 4.74 Å². The smallest absolute Gasteiger partial charge is 0.323 e. The van der Waals surface area contributed by atoms with Crippen LogP contribution in [0.4, 0.5) is 0 Å². The minimum Gasteiger partial charge on any atom is -0.459 e. The minimum absolute atomic E-state index is 0.116. The number of ether oxygens (including phenoxy) is 1. The average Bonchev–Trinajstić information content (AvgIpc) is 2.73. The summed E-state index contributed by atoms with van der Waals surface area (Å²) in [5.41, 5.74) is -0.439. The first kappa shape index (κ1) is 15.3. The molecular formula is C15H26N2O3. The predicted octanol–water partition coefficient (Wildman–Crippen LogP) is 1.32. The molecule has 0 aromatic rings. The van der Waals surface area contributed by atoms with Gasteiger partial charge in [-0.3, -0.25) is 14.5 Å². The van der Waals surface area contributed by atoms with Crippen LogP contribution < -0.4 is 5.32 Å². The Morgan fingerprint density at radius 1 is 1.40 bits per heavy atom. The Labute approximate surface area is 121 Å². The van der Waals surface area contributed by atoms with Crippen molar-refractivity contribution >= 4 is 11.9 Å². The normalized spacial score (nSPS) is 28.2. The maximum absolute atomic E-state index is 12.3. The molecule has 0 aromatic carbocycles. The van der Waals surface area contributed by atoms with Crippen LogP contribution in [-0.4, -0.2) is 48.1 Å². The zero-order valence-electron chi connectivity index (χ0n) is 12.8. The summed E-state index contributed by atoms with van der Waals surface area (Å²) in [6, 6.07) is -0.140. The topological polar surface area (TPSA) is 58.6 Å². The summed E-state index contributed by atoms with van der Waals surface area (Å²) in [6.07, 6.45) is 3.64. The minimum atomic E-state index is -0.439. The predicted molar refractivity (Wildman–Crippen MR) is 76.2 cm³/mol. The molecule has 0 radical (unpaired) electrons. The van der Waals surface area contributed by atoms with E-state index in [2.05, 4.69) is 10.2 Å². The number of amides is 1. The van der Waals surface area contributed by atoms with E-state index in [1.54, 1.807) is 0 Å². The Kier molecular flexibility index (Phi) is 4.68. The average molecular weight is 282 g/mol. The molecule has 2 rings (SSSR count). The number of rotatable bonds is 3.